The molecular formula is C20H18N4O2. The Bertz CT molecular complexity index is 988. The number of anilines is 1. The average Bonchev–Trinajstić information content (AvgIpc) is 3.33. The molecule has 0 radical (unpaired) electrons. The molecule has 6 nitrogen and oxygen atoms in total. The van der Waals surface area contributed by atoms with Gasteiger partial charge in [0.2, 0.25) is 5.95 Å². The van der Waals surface area contributed by atoms with E-state index in [2.05, 4.69) is 20.6 Å². The molecule has 0 saturated heterocycles. The molecule has 0 bridgehead atoms. The second-order valence-electron chi connectivity index (χ2n) is 5.92. The first kappa shape index (κ1) is 16.0. The van der Waals surface area contributed by atoms with Crippen LogP contribution in [0.2, 0.25) is 0 Å². The highest BCUT2D eigenvalue weighted by Gasteiger charge is 2.07. The van der Waals surface area contributed by atoms with Crippen LogP contribution >= 0.6 is 0 Å². The number of fused-ring (bicyclic) bond motifs is 1. The molecule has 0 unspecified atom stereocenters. The number of benzene rings is 2. The van der Waals surface area contributed by atoms with Crippen molar-refractivity contribution in [3.63, 3.8) is 0 Å². The molecule has 0 spiro atoms. The zero-order valence-electron chi connectivity index (χ0n) is 14.0. The summed E-state index contributed by atoms with van der Waals surface area (Å²) < 4.78 is 5.22. The lowest BCUT2D eigenvalue weighted by atomic mass is 10.1. The predicted molar refractivity (Wildman–Crippen MR) is 99.7 cm³/mol. The second-order valence-corrected chi connectivity index (χ2v) is 5.92. The van der Waals surface area contributed by atoms with E-state index in [1.54, 1.807) is 18.4 Å². The number of aromatic amines is 1. The van der Waals surface area contributed by atoms with Crippen molar-refractivity contribution >= 4 is 22.9 Å². The van der Waals surface area contributed by atoms with Gasteiger partial charge in [0.1, 0.15) is 5.76 Å². The standard InChI is InChI=1S/C20H18N4O2/c25-19(21-13-16-7-4-10-26-16)15-6-3-5-14(11-15)12-22-20-23-17-8-1-2-9-18(17)24-20/h1-11H,12-13H2,(H,21,25)(H2,22,23,24). The Kier molecular flexibility index (Phi) is 4.38. The molecule has 4 aromatic rings. The van der Waals surface area contributed by atoms with Gasteiger partial charge in [-0.3, -0.25) is 4.79 Å². The maximum absolute atomic E-state index is 12.3. The Morgan fingerprint density at radius 2 is 1.96 bits per heavy atom. The molecule has 3 N–H and O–H groups in total. The van der Waals surface area contributed by atoms with E-state index in [0.717, 1.165) is 22.4 Å². The summed E-state index contributed by atoms with van der Waals surface area (Å²) in [5.41, 5.74) is 3.51. The first-order valence-electron chi connectivity index (χ1n) is 8.36. The highest BCUT2D eigenvalue weighted by Crippen LogP contribution is 2.14. The summed E-state index contributed by atoms with van der Waals surface area (Å²) >= 11 is 0. The molecule has 2 heterocycles. The number of furan rings is 1. The van der Waals surface area contributed by atoms with Gasteiger partial charge in [0.25, 0.3) is 5.91 Å². The van der Waals surface area contributed by atoms with Crippen molar-refractivity contribution in [2.75, 3.05) is 5.32 Å². The van der Waals surface area contributed by atoms with E-state index in [1.165, 1.54) is 0 Å². The number of H-pyrrole nitrogens is 1. The molecule has 0 aliphatic rings. The van der Waals surface area contributed by atoms with Crippen molar-refractivity contribution in [3.8, 4) is 0 Å². The number of hydrogen-bond acceptors (Lipinski definition) is 4. The number of hydrogen-bond donors (Lipinski definition) is 3. The fourth-order valence-corrected chi connectivity index (χ4v) is 2.73. The number of para-hydroxylation sites is 2. The third-order valence-electron chi connectivity index (χ3n) is 4.04. The van der Waals surface area contributed by atoms with Crippen LogP contribution in [0, 0.1) is 0 Å². The molecule has 4 rings (SSSR count). The van der Waals surface area contributed by atoms with Crippen molar-refractivity contribution < 1.29 is 9.21 Å². The fourth-order valence-electron chi connectivity index (χ4n) is 2.73. The summed E-state index contributed by atoms with van der Waals surface area (Å²) in [6, 6.07) is 19.0. The zero-order chi connectivity index (χ0) is 17.8. The van der Waals surface area contributed by atoms with Crippen molar-refractivity contribution in [1.82, 2.24) is 15.3 Å². The number of aromatic nitrogens is 2. The van der Waals surface area contributed by atoms with Crippen LogP contribution in [0.1, 0.15) is 21.7 Å². The molecule has 0 aliphatic carbocycles. The Balaban J connectivity index is 1.39. The van der Waals surface area contributed by atoms with Gasteiger partial charge in [0.05, 0.1) is 23.8 Å². The van der Waals surface area contributed by atoms with E-state index >= 15 is 0 Å². The van der Waals surface area contributed by atoms with Gasteiger partial charge in [-0.05, 0) is 42.0 Å². The van der Waals surface area contributed by atoms with Crippen LogP contribution in [-0.4, -0.2) is 15.9 Å². The molecule has 2 aromatic carbocycles. The minimum absolute atomic E-state index is 0.132. The number of nitrogens with zero attached hydrogens (tertiary/aromatic N) is 1. The summed E-state index contributed by atoms with van der Waals surface area (Å²) in [6.45, 7) is 0.937. The monoisotopic (exact) mass is 346 g/mol. The van der Waals surface area contributed by atoms with Crippen LogP contribution in [-0.2, 0) is 13.1 Å². The van der Waals surface area contributed by atoms with E-state index < -0.39 is 0 Å². The molecular weight excluding hydrogens is 328 g/mol. The van der Waals surface area contributed by atoms with Gasteiger partial charge in [-0.15, -0.1) is 0 Å². The van der Waals surface area contributed by atoms with E-state index in [9.17, 15) is 4.79 Å². The van der Waals surface area contributed by atoms with Crippen LogP contribution < -0.4 is 10.6 Å². The molecule has 1 amide bonds. The Morgan fingerprint density at radius 1 is 1.04 bits per heavy atom. The highest BCUT2D eigenvalue weighted by atomic mass is 16.3. The molecule has 0 saturated carbocycles. The lowest BCUT2D eigenvalue weighted by Crippen LogP contribution is -2.22. The Hall–Kier alpha value is -3.54. The van der Waals surface area contributed by atoms with E-state index in [4.69, 9.17) is 4.42 Å². The topological polar surface area (TPSA) is 82.9 Å². The normalized spacial score (nSPS) is 10.8. The minimum atomic E-state index is -0.132. The zero-order valence-corrected chi connectivity index (χ0v) is 14.0. The molecule has 6 heteroatoms. The number of carbonyl (C=O) groups is 1. The van der Waals surface area contributed by atoms with Crippen molar-refractivity contribution in [2.45, 2.75) is 13.1 Å². The molecule has 0 atom stereocenters. The van der Waals surface area contributed by atoms with Gasteiger partial charge in [-0.1, -0.05) is 24.3 Å². The lowest BCUT2D eigenvalue weighted by Gasteiger charge is -2.07. The van der Waals surface area contributed by atoms with Crippen molar-refractivity contribution in [1.29, 1.82) is 0 Å². The number of amides is 1. The summed E-state index contributed by atoms with van der Waals surface area (Å²) in [7, 11) is 0. The minimum Gasteiger partial charge on any atom is -0.467 e. The van der Waals surface area contributed by atoms with Gasteiger partial charge in [-0.25, -0.2) is 4.98 Å². The van der Waals surface area contributed by atoms with E-state index in [-0.39, 0.29) is 5.91 Å². The number of nitrogens with one attached hydrogen (secondary N) is 3. The van der Waals surface area contributed by atoms with Crippen LogP contribution in [0.25, 0.3) is 11.0 Å². The Labute approximate surface area is 150 Å². The highest BCUT2D eigenvalue weighted by molar-refractivity contribution is 5.94. The molecule has 0 aliphatic heterocycles. The predicted octanol–water partition coefficient (Wildman–Crippen LogP) is 3.70. The summed E-state index contributed by atoms with van der Waals surface area (Å²) in [5, 5.41) is 6.11. The van der Waals surface area contributed by atoms with Crippen molar-refractivity contribution in [2.24, 2.45) is 0 Å². The van der Waals surface area contributed by atoms with Gasteiger partial charge < -0.3 is 20.0 Å². The van der Waals surface area contributed by atoms with Gasteiger partial charge in [0, 0.05) is 12.1 Å². The largest absolute Gasteiger partial charge is 0.467 e. The maximum atomic E-state index is 12.3. The van der Waals surface area contributed by atoms with Crippen LogP contribution in [0.15, 0.2) is 71.3 Å². The van der Waals surface area contributed by atoms with E-state index in [1.807, 2.05) is 48.5 Å². The summed E-state index contributed by atoms with van der Waals surface area (Å²) in [4.78, 5) is 20.0. The quantitative estimate of drug-likeness (QED) is 0.497. The van der Waals surface area contributed by atoms with Crippen LogP contribution in [0.4, 0.5) is 5.95 Å². The first-order chi connectivity index (χ1) is 12.8. The average molecular weight is 346 g/mol. The van der Waals surface area contributed by atoms with Gasteiger partial charge in [-0.2, -0.15) is 0 Å². The summed E-state index contributed by atoms with van der Waals surface area (Å²) in [6.07, 6.45) is 1.59. The molecule has 26 heavy (non-hydrogen) atoms. The SMILES string of the molecule is O=C(NCc1ccco1)c1cccc(CNc2nc3ccccc3[nH]2)c1. The van der Waals surface area contributed by atoms with Crippen LogP contribution in [0.5, 0.6) is 0 Å². The lowest BCUT2D eigenvalue weighted by molar-refractivity contribution is 0.0948. The maximum Gasteiger partial charge on any atom is 0.251 e. The second kappa shape index (κ2) is 7.14. The molecule has 2 aromatic heterocycles. The van der Waals surface area contributed by atoms with Crippen LogP contribution in [0.3, 0.4) is 0 Å². The smallest absolute Gasteiger partial charge is 0.251 e. The first-order valence-corrected chi connectivity index (χ1v) is 8.36. The summed E-state index contributed by atoms with van der Waals surface area (Å²) in [5.74, 6) is 1.30. The van der Waals surface area contributed by atoms with Crippen molar-refractivity contribution in [3.05, 3.63) is 83.8 Å². The Morgan fingerprint density at radius 3 is 2.81 bits per heavy atom. The van der Waals surface area contributed by atoms with Gasteiger partial charge in [0.15, 0.2) is 0 Å². The number of rotatable bonds is 6. The fraction of sp³-hybridized carbons (Fsp3) is 0.100. The molecule has 130 valence electrons. The molecule has 0 fully saturated rings. The third-order valence-corrected chi connectivity index (χ3v) is 4.04. The van der Waals surface area contributed by atoms with Gasteiger partial charge >= 0.3 is 0 Å². The third kappa shape index (κ3) is 3.59. The number of carbonyl (C=O) groups excluding carboxylic acids is 1. The van der Waals surface area contributed by atoms with E-state index in [0.29, 0.717) is 24.6 Å². The number of imidazole rings is 1.